The van der Waals surface area contributed by atoms with Crippen molar-refractivity contribution in [2.24, 2.45) is 0 Å². The molecule has 0 bridgehead atoms. The summed E-state index contributed by atoms with van der Waals surface area (Å²) < 4.78 is 0. The Kier molecular flexibility index (Phi) is 4.14. The van der Waals surface area contributed by atoms with Crippen LogP contribution in [0.5, 0.6) is 0 Å². The van der Waals surface area contributed by atoms with Crippen LogP contribution in [0.25, 0.3) is 10.8 Å². The van der Waals surface area contributed by atoms with E-state index < -0.39 is 11.0 Å². The minimum Gasteiger partial charge on any atom is -0.391 e. The minimum atomic E-state index is -0.442. The third kappa shape index (κ3) is 2.85. The van der Waals surface area contributed by atoms with Crippen molar-refractivity contribution in [3.63, 3.8) is 0 Å². The van der Waals surface area contributed by atoms with Gasteiger partial charge in [0.25, 0.3) is 5.69 Å². The van der Waals surface area contributed by atoms with E-state index in [2.05, 4.69) is 10.3 Å². The average molecular weight is 275 g/mol. The van der Waals surface area contributed by atoms with E-state index in [0.717, 1.165) is 16.8 Å². The van der Waals surface area contributed by atoms with Crippen LogP contribution in [0, 0.1) is 17.0 Å². The quantitative estimate of drug-likeness (QED) is 0.647. The molecular formula is C14H17N3O3. The Labute approximate surface area is 116 Å². The van der Waals surface area contributed by atoms with Gasteiger partial charge < -0.3 is 10.4 Å². The number of nitro benzene ring substituents is 1. The fraction of sp³-hybridized carbons (Fsp3) is 0.357. The number of hydrogen-bond donors (Lipinski definition) is 2. The number of aliphatic hydroxyl groups excluding tert-OH is 1. The first kappa shape index (κ1) is 14.2. The number of rotatable bonds is 5. The van der Waals surface area contributed by atoms with Crippen molar-refractivity contribution in [1.82, 2.24) is 4.98 Å². The van der Waals surface area contributed by atoms with Crippen LogP contribution < -0.4 is 5.32 Å². The lowest BCUT2D eigenvalue weighted by Crippen LogP contribution is -2.18. The average Bonchev–Trinajstić information content (AvgIpc) is 2.43. The van der Waals surface area contributed by atoms with Gasteiger partial charge in [0.15, 0.2) is 0 Å². The number of fused-ring (bicyclic) bond motifs is 1. The summed E-state index contributed by atoms with van der Waals surface area (Å²) in [7, 11) is 0. The maximum absolute atomic E-state index is 11.0. The van der Waals surface area contributed by atoms with Gasteiger partial charge in [-0.3, -0.25) is 15.1 Å². The van der Waals surface area contributed by atoms with Crippen LogP contribution in [0.4, 0.5) is 11.4 Å². The van der Waals surface area contributed by atoms with Crippen LogP contribution in [0.15, 0.2) is 24.4 Å². The summed E-state index contributed by atoms with van der Waals surface area (Å²) in [5, 5.41) is 25.0. The Bertz CT molecular complexity index is 643. The lowest BCUT2D eigenvalue weighted by atomic mass is 10.1. The largest absolute Gasteiger partial charge is 0.391 e. The smallest absolute Gasteiger partial charge is 0.278 e. The highest BCUT2D eigenvalue weighted by molar-refractivity contribution is 5.99. The second-order valence-corrected chi connectivity index (χ2v) is 4.70. The molecule has 1 aromatic heterocycles. The van der Waals surface area contributed by atoms with Gasteiger partial charge in [-0.25, -0.2) is 0 Å². The molecule has 0 saturated heterocycles. The fourth-order valence-corrected chi connectivity index (χ4v) is 2.01. The molecule has 0 saturated carbocycles. The highest BCUT2D eigenvalue weighted by Crippen LogP contribution is 2.31. The molecule has 0 radical (unpaired) electrons. The molecule has 1 aromatic carbocycles. The first-order valence-corrected chi connectivity index (χ1v) is 6.48. The van der Waals surface area contributed by atoms with Gasteiger partial charge in [-0.15, -0.1) is 0 Å². The molecule has 0 amide bonds. The lowest BCUT2D eigenvalue weighted by molar-refractivity contribution is -0.383. The first-order chi connectivity index (χ1) is 9.52. The first-order valence-electron chi connectivity index (χ1n) is 6.48. The number of nitrogens with zero attached hydrogens (tertiary/aromatic N) is 2. The molecule has 2 N–H and O–H groups in total. The van der Waals surface area contributed by atoms with Crippen LogP contribution in [-0.2, 0) is 0 Å². The van der Waals surface area contributed by atoms with Gasteiger partial charge in [0, 0.05) is 35.6 Å². The molecule has 0 aliphatic carbocycles. The predicted molar refractivity (Wildman–Crippen MR) is 77.9 cm³/mol. The Hall–Kier alpha value is -2.21. The number of pyridine rings is 1. The lowest BCUT2D eigenvalue weighted by Gasteiger charge is -2.13. The van der Waals surface area contributed by atoms with E-state index in [1.54, 1.807) is 6.07 Å². The standard InChI is InChI=1S/C14H17N3O3/c1-3-10(18)7-16-13-4-5-14(17(19)20)12-8-15-9(2)6-11(12)13/h4-6,8,10,16,18H,3,7H2,1-2H3. The normalized spacial score (nSPS) is 12.3. The van der Waals surface area contributed by atoms with Crippen molar-refractivity contribution in [3.8, 4) is 0 Å². The van der Waals surface area contributed by atoms with Crippen molar-refractivity contribution >= 4 is 22.1 Å². The number of aryl methyl sites for hydroxylation is 1. The van der Waals surface area contributed by atoms with E-state index in [1.807, 2.05) is 19.9 Å². The Balaban J connectivity index is 2.48. The maximum Gasteiger partial charge on any atom is 0.278 e. The van der Waals surface area contributed by atoms with Crippen molar-refractivity contribution in [3.05, 3.63) is 40.2 Å². The summed E-state index contributed by atoms with van der Waals surface area (Å²) in [5.41, 5.74) is 1.59. The third-order valence-electron chi connectivity index (χ3n) is 3.21. The van der Waals surface area contributed by atoms with Crippen molar-refractivity contribution < 1.29 is 10.0 Å². The number of nitro groups is 1. The molecule has 106 valence electrons. The predicted octanol–water partition coefficient (Wildman–Crippen LogP) is 2.63. The summed E-state index contributed by atoms with van der Waals surface area (Å²) >= 11 is 0. The molecule has 20 heavy (non-hydrogen) atoms. The zero-order valence-corrected chi connectivity index (χ0v) is 11.5. The van der Waals surface area contributed by atoms with Crippen LogP contribution in [0.3, 0.4) is 0 Å². The van der Waals surface area contributed by atoms with Gasteiger partial charge in [-0.1, -0.05) is 6.92 Å². The molecule has 1 atom stereocenters. The number of hydrogen-bond acceptors (Lipinski definition) is 5. The summed E-state index contributed by atoms with van der Waals surface area (Å²) in [6.45, 7) is 4.14. The Morgan fingerprint density at radius 1 is 1.45 bits per heavy atom. The summed E-state index contributed by atoms with van der Waals surface area (Å²) in [6.07, 6.45) is 1.73. The maximum atomic E-state index is 11.0. The zero-order chi connectivity index (χ0) is 14.7. The van der Waals surface area contributed by atoms with E-state index in [4.69, 9.17) is 0 Å². The van der Waals surface area contributed by atoms with Gasteiger partial charge in [0.05, 0.1) is 16.4 Å². The zero-order valence-electron chi connectivity index (χ0n) is 11.5. The minimum absolute atomic E-state index is 0.0362. The Morgan fingerprint density at radius 3 is 2.85 bits per heavy atom. The molecular weight excluding hydrogens is 258 g/mol. The Morgan fingerprint density at radius 2 is 2.20 bits per heavy atom. The number of nitrogens with one attached hydrogen (secondary N) is 1. The van der Waals surface area contributed by atoms with Crippen LogP contribution >= 0.6 is 0 Å². The highest BCUT2D eigenvalue weighted by atomic mass is 16.6. The second kappa shape index (κ2) is 5.83. The second-order valence-electron chi connectivity index (χ2n) is 4.70. The number of aromatic nitrogens is 1. The molecule has 0 spiro atoms. The SMILES string of the molecule is CCC(O)CNc1ccc([N+](=O)[O-])c2cnc(C)cc12. The summed E-state index contributed by atoms with van der Waals surface area (Å²) in [5.74, 6) is 0. The van der Waals surface area contributed by atoms with Crippen LogP contribution in [-0.4, -0.2) is 27.7 Å². The number of non-ortho nitro benzene ring substituents is 1. The monoisotopic (exact) mass is 275 g/mol. The molecule has 2 rings (SSSR count). The molecule has 0 aliphatic rings. The molecule has 1 heterocycles. The number of aliphatic hydroxyl groups is 1. The van der Waals surface area contributed by atoms with Gasteiger partial charge >= 0.3 is 0 Å². The van der Waals surface area contributed by atoms with Crippen molar-refractivity contribution in [1.29, 1.82) is 0 Å². The number of benzene rings is 1. The van der Waals surface area contributed by atoms with Gasteiger partial charge in [0.1, 0.15) is 0 Å². The highest BCUT2D eigenvalue weighted by Gasteiger charge is 2.15. The van der Waals surface area contributed by atoms with E-state index in [9.17, 15) is 15.2 Å². The van der Waals surface area contributed by atoms with Crippen molar-refractivity contribution in [2.45, 2.75) is 26.4 Å². The fourth-order valence-electron chi connectivity index (χ4n) is 2.01. The summed E-state index contributed by atoms with van der Waals surface area (Å²) in [4.78, 5) is 14.7. The van der Waals surface area contributed by atoms with Crippen LogP contribution in [0.1, 0.15) is 19.0 Å². The molecule has 6 nitrogen and oxygen atoms in total. The third-order valence-corrected chi connectivity index (χ3v) is 3.21. The molecule has 0 fully saturated rings. The molecule has 0 aliphatic heterocycles. The topological polar surface area (TPSA) is 88.3 Å². The van der Waals surface area contributed by atoms with Crippen molar-refractivity contribution in [2.75, 3.05) is 11.9 Å². The van der Waals surface area contributed by atoms with Crippen LogP contribution in [0.2, 0.25) is 0 Å². The molecule has 2 aromatic rings. The van der Waals surface area contributed by atoms with E-state index >= 15 is 0 Å². The van der Waals surface area contributed by atoms with E-state index in [1.165, 1.54) is 12.3 Å². The van der Waals surface area contributed by atoms with E-state index in [-0.39, 0.29) is 5.69 Å². The summed E-state index contributed by atoms with van der Waals surface area (Å²) in [6, 6.07) is 4.94. The molecule has 6 heteroatoms. The van der Waals surface area contributed by atoms with E-state index in [0.29, 0.717) is 18.4 Å². The van der Waals surface area contributed by atoms with Gasteiger partial charge in [0.2, 0.25) is 0 Å². The molecule has 1 unspecified atom stereocenters. The van der Waals surface area contributed by atoms with Gasteiger partial charge in [-0.2, -0.15) is 0 Å². The number of anilines is 1. The van der Waals surface area contributed by atoms with Gasteiger partial charge in [-0.05, 0) is 25.5 Å².